The van der Waals surface area contributed by atoms with Crippen LogP contribution < -0.4 is 11.1 Å². The quantitative estimate of drug-likeness (QED) is 0.659. The standard InChI is InChI=1S/C13H28N2OS/c1-13(2,3)10-11(14)9-12(16)15-7-5-6-8-17-4/h11H,5-10,14H2,1-4H3,(H,15,16). The molecule has 0 rings (SSSR count). The molecule has 0 fully saturated rings. The zero-order valence-corrected chi connectivity index (χ0v) is 12.5. The predicted octanol–water partition coefficient (Wildman–Crippen LogP) is 2.40. The van der Waals surface area contributed by atoms with Gasteiger partial charge in [0.05, 0.1) is 0 Å². The van der Waals surface area contributed by atoms with Crippen LogP contribution in [0.15, 0.2) is 0 Å². The fourth-order valence-corrected chi connectivity index (χ4v) is 2.26. The van der Waals surface area contributed by atoms with E-state index in [0.717, 1.165) is 25.8 Å². The van der Waals surface area contributed by atoms with E-state index in [4.69, 9.17) is 5.73 Å². The van der Waals surface area contributed by atoms with Crippen molar-refractivity contribution in [3.63, 3.8) is 0 Å². The van der Waals surface area contributed by atoms with E-state index in [0.29, 0.717) is 6.42 Å². The molecule has 3 nitrogen and oxygen atoms in total. The van der Waals surface area contributed by atoms with Crippen LogP contribution in [0.4, 0.5) is 0 Å². The second kappa shape index (κ2) is 8.81. The molecule has 0 aromatic carbocycles. The van der Waals surface area contributed by atoms with Crippen molar-refractivity contribution < 1.29 is 4.79 Å². The summed E-state index contributed by atoms with van der Waals surface area (Å²) in [7, 11) is 0. The SMILES string of the molecule is CSCCCCNC(=O)CC(N)CC(C)(C)C. The summed E-state index contributed by atoms with van der Waals surface area (Å²) in [5, 5.41) is 2.93. The second-order valence-electron chi connectivity index (χ2n) is 5.78. The molecular weight excluding hydrogens is 232 g/mol. The lowest BCUT2D eigenvalue weighted by Gasteiger charge is -2.22. The van der Waals surface area contributed by atoms with Crippen molar-refractivity contribution in [2.45, 2.75) is 52.5 Å². The molecule has 0 aromatic rings. The van der Waals surface area contributed by atoms with Crippen LogP contribution in [0.2, 0.25) is 0 Å². The lowest BCUT2D eigenvalue weighted by Crippen LogP contribution is -2.34. The molecule has 102 valence electrons. The van der Waals surface area contributed by atoms with Gasteiger partial charge in [-0.25, -0.2) is 0 Å². The largest absolute Gasteiger partial charge is 0.356 e. The highest BCUT2D eigenvalue weighted by Crippen LogP contribution is 2.20. The number of nitrogens with one attached hydrogen (secondary N) is 1. The molecule has 0 radical (unpaired) electrons. The van der Waals surface area contributed by atoms with Crippen LogP contribution in [-0.2, 0) is 4.79 Å². The maximum Gasteiger partial charge on any atom is 0.221 e. The van der Waals surface area contributed by atoms with Gasteiger partial charge in [0.1, 0.15) is 0 Å². The first-order valence-electron chi connectivity index (χ1n) is 6.36. The fourth-order valence-electron chi connectivity index (χ4n) is 1.77. The minimum Gasteiger partial charge on any atom is -0.356 e. The monoisotopic (exact) mass is 260 g/mol. The summed E-state index contributed by atoms with van der Waals surface area (Å²) in [4.78, 5) is 11.6. The van der Waals surface area contributed by atoms with Gasteiger partial charge in [-0.2, -0.15) is 11.8 Å². The number of unbranched alkanes of at least 4 members (excludes halogenated alkanes) is 1. The molecule has 0 bridgehead atoms. The molecule has 1 amide bonds. The number of thioether (sulfide) groups is 1. The van der Waals surface area contributed by atoms with E-state index in [1.807, 2.05) is 11.8 Å². The van der Waals surface area contributed by atoms with E-state index in [2.05, 4.69) is 32.3 Å². The Bertz CT molecular complexity index is 214. The number of carbonyl (C=O) groups is 1. The molecule has 0 saturated heterocycles. The molecule has 0 aromatic heterocycles. The van der Waals surface area contributed by atoms with Gasteiger partial charge in [0, 0.05) is 19.0 Å². The molecule has 0 aliphatic rings. The number of nitrogens with two attached hydrogens (primary N) is 1. The Balaban J connectivity index is 3.58. The first-order valence-corrected chi connectivity index (χ1v) is 7.76. The second-order valence-corrected chi connectivity index (χ2v) is 6.76. The van der Waals surface area contributed by atoms with Crippen molar-refractivity contribution in [3.05, 3.63) is 0 Å². The van der Waals surface area contributed by atoms with Crippen molar-refractivity contribution in [1.29, 1.82) is 0 Å². The molecule has 0 aliphatic heterocycles. The van der Waals surface area contributed by atoms with Crippen LogP contribution >= 0.6 is 11.8 Å². The number of carbonyl (C=O) groups excluding carboxylic acids is 1. The van der Waals surface area contributed by atoms with Crippen molar-refractivity contribution >= 4 is 17.7 Å². The fraction of sp³-hybridized carbons (Fsp3) is 0.923. The zero-order chi connectivity index (χ0) is 13.3. The summed E-state index contributed by atoms with van der Waals surface area (Å²) in [6.07, 6.45) is 5.65. The molecule has 1 atom stereocenters. The van der Waals surface area contributed by atoms with Gasteiger partial charge in [-0.3, -0.25) is 4.79 Å². The number of rotatable bonds is 8. The third-order valence-corrected chi connectivity index (χ3v) is 3.12. The van der Waals surface area contributed by atoms with Gasteiger partial charge in [0.25, 0.3) is 0 Å². The molecule has 0 aliphatic carbocycles. The third kappa shape index (κ3) is 12.0. The van der Waals surface area contributed by atoms with Gasteiger partial charge < -0.3 is 11.1 Å². The maximum absolute atomic E-state index is 11.6. The lowest BCUT2D eigenvalue weighted by molar-refractivity contribution is -0.121. The van der Waals surface area contributed by atoms with Gasteiger partial charge in [0.15, 0.2) is 0 Å². The Morgan fingerprint density at radius 2 is 2.00 bits per heavy atom. The number of amides is 1. The molecular formula is C13H28N2OS. The van der Waals surface area contributed by atoms with Crippen molar-refractivity contribution in [2.75, 3.05) is 18.6 Å². The van der Waals surface area contributed by atoms with E-state index >= 15 is 0 Å². The summed E-state index contributed by atoms with van der Waals surface area (Å²) in [6, 6.07) is -0.0267. The topological polar surface area (TPSA) is 55.1 Å². The van der Waals surface area contributed by atoms with Crippen molar-refractivity contribution in [2.24, 2.45) is 11.1 Å². The molecule has 4 heteroatoms. The minimum absolute atomic E-state index is 0.0267. The Morgan fingerprint density at radius 1 is 1.35 bits per heavy atom. The van der Waals surface area contributed by atoms with Crippen LogP contribution in [0.5, 0.6) is 0 Å². The van der Waals surface area contributed by atoms with Crippen molar-refractivity contribution in [3.8, 4) is 0 Å². The summed E-state index contributed by atoms with van der Waals surface area (Å²) in [5.74, 6) is 1.25. The minimum atomic E-state index is -0.0267. The van der Waals surface area contributed by atoms with E-state index in [9.17, 15) is 4.79 Å². The van der Waals surface area contributed by atoms with Crippen LogP contribution in [0, 0.1) is 5.41 Å². The smallest absolute Gasteiger partial charge is 0.221 e. The highest BCUT2D eigenvalue weighted by atomic mass is 32.2. The van der Waals surface area contributed by atoms with E-state index in [1.54, 1.807) is 0 Å². The van der Waals surface area contributed by atoms with Gasteiger partial charge >= 0.3 is 0 Å². The number of hydrogen-bond acceptors (Lipinski definition) is 3. The Morgan fingerprint density at radius 3 is 2.53 bits per heavy atom. The van der Waals surface area contributed by atoms with Crippen LogP contribution in [0.1, 0.15) is 46.5 Å². The van der Waals surface area contributed by atoms with Gasteiger partial charge in [-0.05, 0) is 36.7 Å². The van der Waals surface area contributed by atoms with E-state index in [1.165, 1.54) is 5.75 Å². The predicted molar refractivity (Wildman–Crippen MR) is 77.3 cm³/mol. The molecule has 3 N–H and O–H groups in total. The Hall–Kier alpha value is -0.220. The first kappa shape index (κ1) is 16.8. The Labute approximate surface area is 110 Å². The maximum atomic E-state index is 11.6. The zero-order valence-electron chi connectivity index (χ0n) is 11.7. The number of hydrogen-bond donors (Lipinski definition) is 2. The van der Waals surface area contributed by atoms with Crippen molar-refractivity contribution in [1.82, 2.24) is 5.32 Å². The summed E-state index contributed by atoms with van der Waals surface area (Å²) in [5.41, 5.74) is 6.14. The molecule has 0 spiro atoms. The molecule has 0 saturated carbocycles. The van der Waals surface area contributed by atoms with Gasteiger partial charge in [0.2, 0.25) is 5.91 Å². The first-order chi connectivity index (χ1) is 7.85. The lowest BCUT2D eigenvalue weighted by atomic mass is 9.87. The third-order valence-electron chi connectivity index (χ3n) is 2.42. The van der Waals surface area contributed by atoms with Crippen LogP contribution in [0.25, 0.3) is 0 Å². The average molecular weight is 260 g/mol. The van der Waals surface area contributed by atoms with Gasteiger partial charge in [-0.1, -0.05) is 20.8 Å². The molecule has 17 heavy (non-hydrogen) atoms. The summed E-state index contributed by atoms with van der Waals surface area (Å²) in [6.45, 7) is 7.22. The highest BCUT2D eigenvalue weighted by Gasteiger charge is 2.17. The molecule has 0 heterocycles. The summed E-state index contributed by atoms with van der Waals surface area (Å²) < 4.78 is 0. The highest BCUT2D eigenvalue weighted by molar-refractivity contribution is 7.98. The van der Waals surface area contributed by atoms with Crippen LogP contribution in [0.3, 0.4) is 0 Å². The van der Waals surface area contributed by atoms with Gasteiger partial charge in [-0.15, -0.1) is 0 Å². The van der Waals surface area contributed by atoms with Crippen LogP contribution in [-0.4, -0.2) is 30.5 Å². The normalized spacial score (nSPS) is 13.5. The molecule has 1 unspecified atom stereocenters. The summed E-state index contributed by atoms with van der Waals surface area (Å²) >= 11 is 1.84. The Kier molecular flexibility index (Phi) is 8.70. The van der Waals surface area contributed by atoms with E-state index in [-0.39, 0.29) is 17.4 Å². The van der Waals surface area contributed by atoms with E-state index < -0.39 is 0 Å². The average Bonchev–Trinajstić information content (AvgIpc) is 2.14.